The van der Waals surface area contributed by atoms with E-state index in [-0.39, 0.29) is 11.0 Å². The van der Waals surface area contributed by atoms with Crippen LogP contribution in [0.3, 0.4) is 0 Å². The molecule has 0 spiro atoms. The van der Waals surface area contributed by atoms with Crippen molar-refractivity contribution in [3.63, 3.8) is 0 Å². The Kier molecular flexibility index (Phi) is 2.45. The van der Waals surface area contributed by atoms with Gasteiger partial charge in [0.2, 0.25) is 0 Å². The third kappa shape index (κ3) is 1.63. The summed E-state index contributed by atoms with van der Waals surface area (Å²) in [6.45, 7) is 4.08. The van der Waals surface area contributed by atoms with Gasteiger partial charge >= 0.3 is 0 Å². The van der Waals surface area contributed by atoms with Gasteiger partial charge in [0.1, 0.15) is 16.6 Å². The maximum atomic E-state index is 6.22. The van der Waals surface area contributed by atoms with Gasteiger partial charge in [-0.1, -0.05) is 37.0 Å². The lowest BCUT2D eigenvalue weighted by molar-refractivity contribution is 0.389. The summed E-state index contributed by atoms with van der Waals surface area (Å²) in [4.78, 5) is 7.92. The normalized spacial score (nSPS) is 19.0. The Labute approximate surface area is 99.0 Å². The zero-order chi connectivity index (χ0) is 11.3. The molecule has 0 aromatic carbocycles. The standard InChI is InChI=1S/C10H13Cl2N3/c1-9(2,10(13)3-4-10)6-7(11)14-5-15-8(6)12/h5H,3-4,13H2,1-2H3. The summed E-state index contributed by atoms with van der Waals surface area (Å²) in [5.41, 5.74) is 6.47. The second kappa shape index (κ2) is 3.30. The highest BCUT2D eigenvalue weighted by atomic mass is 35.5. The summed E-state index contributed by atoms with van der Waals surface area (Å²) in [6, 6.07) is 0. The Hall–Kier alpha value is -0.380. The van der Waals surface area contributed by atoms with Crippen LogP contribution >= 0.6 is 23.2 Å². The molecule has 1 aliphatic carbocycles. The van der Waals surface area contributed by atoms with Crippen molar-refractivity contribution in [2.45, 2.75) is 37.6 Å². The van der Waals surface area contributed by atoms with E-state index >= 15 is 0 Å². The van der Waals surface area contributed by atoms with Crippen LogP contribution in [0.15, 0.2) is 6.33 Å². The Balaban J connectivity index is 2.53. The number of nitrogens with two attached hydrogens (primary N) is 1. The van der Waals surface area contributed by atoms with Crippen molar-refractivity contribution in [2.24, 2.45) is 5.73 Å². The van der Waals surface area contributed by atoms with Crippen molar-refractivity contribution in [1.29, 1.82) is 0 Å². The first-order chi connectivity index (χ1) is 6.88. The fraction of sp³-hybridized carbons (Fsp3) is 0.600. The minimum absolute atomic E-state index is 0.217. The molecule has 1 aromatic rings. The highest BCUT2D eigenvalue weighted by Crippen LogP contribution is 2.51. The molecule has 0 saturated heterocycles. The molecule has 5 heteroatoms. The third-order valence-electron chi connectivity index (χ3n) is 3.41. The molecule has 1 fully saturated rings. The van der Waals surface area contributed by atoms with Gasteiger partial charge in [0.05, 0.1) is 0 Å². The molecule has 1 aromatic heterocycles. The molecule has 3 nitrogen and oxygen atoms in total. The topological polar surface area (TPSA) is 51.8 Å². The van der Waals surface area contributed by atoms with Crippen molar-refractivity contribution < 1.29 is 0 Å². The molecule has 0 radical (unpaired) electrons. The quantitative estimate of drug-likeness (QED) is 0.816. The summed E-state index contributed by atoms with van der Waals surface area (Å²) in [7, 11) is 0. The predicted molar refractivity (Wildman–Crippen MR) is 61.2 cm³/mol. The molecule has 2 rings (SSSR count). The van der Waals surface area contributed by atoms with E-state index in [1.165, 1.54) is 6.33 Å². The van der Waals surface area contributed by atoms with Crippen LogP contribution in [0, 0.1) is 0 Å². The molecule has 1 aliphatic rings. The van der Waals surface area contributed by atoms with E-state index in [1.807, 2.05) is 13.8 Å². The molecule has 2 N–H and O–H groups in total. The van der Waals surface area contributed by atoms with E-state index < -0.39 is 0 Å². The monoisotopic (exact) mass is 245 g/mol. The van der Waals surface area contributed by atoms with Crippen LogP contribution in [-0.2, 0) is 5.41 Å². The highest BCUT2D eigenvalue weighted by Gasteiger charge is 2.53. The second-order valence-corrected chi connectivity index (χ2v) is 5.33. The van der Waals surface area contributed by atoms with Crippen LogP contribution in [0.4, 0.5) is 0 Å². The predicted octanol–water partition coefficient (Wildman–Crippen LogP) is 2.55. The largest absolute Gasteiger partial charge is 0.324 e. The Morgan fingerprint density at radius 3 is 2.13 bits per heavy atom. The van der Waals surface area contributed by atoms with E-state index in [9.17, 15) is 0 Å². The van der Waals surface area contributed by atoms with E-state index in [2.05, 4.69) is 9.97 Å². The van der Waals surface area contributed by atoms with Gasteiger partial charge in [0, 0.05) is 16.5 Å². The van der Waals surface area contributed by atoms with Crippen LogP contribution in [0.2, 0.25) is 10.3 Å². The number of aromatic nitrogens is 2. The molecular weight excluding hydrogens is 233 g/mol. The molecule has 15 heavy (non-hydrogen) atoms. The molecule has 1 heterocycles. The summed E-state index contributed by atoms with van der Waals surface area (Å²) < 4.78 is 0. The van der Waals surface area contributed by atoms with Crippen molar-refractivity contribution >= 4 is 23.2 Å². The van der Waals surface area contributed by atoms with Crippen LogP contribution in [-0.4, -0.2) is 15.5 Å². The SMILES string of the molecule is CC(C)(c1c(Cl)ncnc1Cl)C1(N)CC1. The zero-order valence-corrected chi connectivity index (χ0v) is 10.2. The van der Waals surface area contributed by atoms with Crippen LogP contribution in [0.25, 0.3) is 0 Å². The maximum absolute atomic E-state index is 6.22. The molecule has 0 unspecified atom stereocenters. The minimum atomic E-state index is -0.289. The Bertz CT molecular complexity index is 379. The van der Waals surface area contributed by atoms with Crippen LogP contribution in [0.1, 0.15) is 32.3 Å². The Morgan fingerprint density at radius 2 is 1.73 bits per heavy atom. The van der Waals surface area contributed by atoms with E-state index in [4.69, 9.17) is 28.9 Å². The first kappa shape index (κ1) is 11.1. The third-order valence-corrected chi connectivity index (χ3v) is 3.99. The van der Waals surface area contributed by atoms with Gasteiger partial charge in [0.25, 0.3) is 0 Å². The lowest BCUT2D eigenvalue weighted by Crippen LogP contribution is -2.43. The van der Waals surface area contributed by atoms with Crippen molar-refractivity contribution in [2.75, 3.05) is 0 Å². The maximum Gasteiger partial charge on any atom is 0.137 e. The van der Waals surface area contributed by atoms with Crippen LogP contribution in [0.5, 0.6) is 0 Å². The minimum Gasteiger partial charge on any atom is -0.324 e. The summed E-state index contributed by atoms with van der Waals surface area (Å²) in [6.07, 6.45) is 3.34. The average molecular weight is 246 g/mol. The van der Waals surface area contributed by atoms with E-state index in [0.717, 1.165) is 18.4 Å². The second-order valence-electron chi connectivity index (χ2n) is 4.61. The van der Waals surface area contributed by atoms with Gasteiger partial charge in [-0.25, -0.2) is 9.97 Å². The highest BCUT2D eigenvalue weighted by molar-refractivity contribution is 6.34. The first-order valence-corrected chi connectivity index (χ1v) is 5.59. The van der Waals surface area contributed by atoms with Crippen LogP contribution < -0.4 is 5.73 Å². The summed E-state index contributed by atoms with van der Waals surface area (Å²) in [5, 5.41) is 0.799. The van der Waals surface area contributed by atoms with Crippen molar-refractivity contribution in [3.05, 3.63) is 22.2 Å². The molecule has 0 aliphatic heterocycles. The molecule has 0 atom stereocenters. The summed E-state index contributed by atoms with van der Waals surface area (Å²) >= 11 is 12.1. The Morgan fingerprint density at radius 1 is 1.27 bits per heavy atom. The number of hydrogen-bond acceptors (Lipinski definition) is 3. The molecule has 0 amide bonds. The molecule has 82 valence electrons. The average Bonchev–Trinajstić information content (AvgIpc) is 2.84. The van der Waals surface area contributed by atoms with Gasteiger partial charge in [-0.2, -0.15) is 0 Å². The van der Waals surface area contributed by atoms with Gasteiger partial charge in [0.15, 0.2) is 0 Å². The number of hydrogen-bond donors (Lipinski definition) is 1. The summed E-state index contributed by atoms with van der Waals surface area (Å²) in [5.74, 6) is 0. The smallest absolute Gasteiger partial charge is 0.137 e. The molecule has 0 bridgehead atoms. The molecular formula is C10H13Cl2N3. The van der Waals surface area contributed by atoms with Gasteiger partial charge in [-0.15, -0.1) is 0 Å². The van der Waals surface area contributed by atoms with E-state index in [0.29, 0.717) is 10.3 Å². The van der Waals surface area contributed by atoms with Crippen molar-refractivity contribution in [3.8, 4) is 0 Å². The fourth-order valence-corrected chi connectivity index (χ4v) is 2.66. The van der Waals surface area contributed by atoms with Gasteiger partial charge in [-0.05, 0) is 12.8 Å². The first-order valence-electron chi connectivity index (χ1n) is 4.84. The number of nitrogens with zero attached hydrogens (tertiary/aromatic N) is 2. The van der Waals surface area contributed by atoms with Gasteiger partial charge in [-0.3, -0.25) is 0 Å². The zero-order valence-electron chi connectivity index (χ0n) is 8.72. The number of rotatable bonds is 2. The van der Waals surface area contributed by atoms with Gasteiger partial charge < -0.3 is 5.73 Å². The lowest BCUT2D eigenvalue weighted by Gasteiger charge is -2.32. The fourth-order valence-electron chi connectivity index (χ4n) is 1.87. The lowest BCUT2D eigenvalue weighted by atomic mass is 9.77. The van der Waals surface area contributed by atoms with E-state index in [1.54, 1.807) is 0 Å². The number of halogens is 2. The van der Waals surface area contributed by atoms with Crippen molar-refractivity contribution in [1.82, 2.24) is 9.97 Å². The molecule has 1 saturated carbocycles.